The van der Waals surface area contributed by atoms with E-state index in [0.717, 1.165) is 16.4 Å². The van der Waals surface area contributed by atoms with Crippen LogP contribution in [0.4, 0.5) is 0 Å². The highest BCUT2D eigenvalue weighted by molar-refractivity contribution is 7.12. The van der Waals surface area contributed by atoms with E-state index in [1.807, 2.05) is 29.3 Å². The van der Waals surface area contributed by atoms with Crippen LogP contribution in [-0.4, -0.2) is 40.5 Å². The number of nitrogens with one attached hydrogen (secondary N) is 1. The first kappa shape index (κ1) is 12.4. The molecule has 5 nitrogen and oxygen atoms in total. The normalized spacial score (nSPS) is 19.6. The Morgan fingerprint density at radius 3 is 3.21 bits per heavy atom. The summed E-state index contributed by atoms with van der Waals surface area (Å²) in [6.45, 7) is 3.62. The molecule has 100 valence electrons. The smallest absolute Gasteiger partial charge is 0.264 e. The number of nitrogens with zero attached hydrogens (tertiary/aromatic N) is 2. The number of rotatable bonds is 2. The Balaban J connectivity index is 1.87. The third-order valence-electron chi connectivity index (χ3n) is 3.16. The van der Waals surface area contributed by atoms with Gasteiger partial charge >= 0.3 is 0 Å². The Labute approximate surface area is 115 Å². The number of H-pyrrole nitrogens is 1. The maximum Gasteiger partial charge on any atom is 0.264 e. The highest BCUT2D eigenvalue weighted by atomic mass is 32.1. The molecule has 2 aromatic heterocycles. The van der Waals surface area contributed by atoms with Crippen LogP contribution >= 0.6 is 11.3 Å². The average molecular weight is 277 g/mol. The van der Waals surface area contributed by atoms with E-state index in [4.69, 9.17) is 4.74 Å². The lowest BCUT2D eigenvalue weighted by atomic mass is 10.2. The number of aromatic amines is 1. The Morgan fingerprint density at radius 2 is 2.53 bits per heavy atom. The molecule has 1 N–H and O–H groups in total. The highest BCUT2D eigenvalue weighted by Gasteiger charge is 2.31. The first-order valence-corrected chi connectivity index (χ1v) is 7.07. The van der Waals surface area contributed by atoms with Crippen molar-refractivity contribution >= 4 is 17.2 Å². The van der Waals surface area contributed by atoms with Gasteiger partial charge < -0.3 is 14.6 Å². The molecule has 0 saturated carbocycles. The molecule has 1 unspecified atom stereocenters. The van der Waals surface area contributed by atoms with E-state index in [9.17, 15) is 4.79 Å². The van der Waals surface area contributed by atoms with E-state index in [1.54, 1.807) is 6.20 Å². The number of hydrogen-bond donors (Lipinski definition) is 1. The number of hydrogen-bond acceptors (Lipinski definition) is 4. The van der Waals surface area contributed by atoms with Crippen LogP contribution in [0.5, 0.6) is 0 Å². The SMILES string of the molecule is Cc1cnc(C2COCCN2C(=O)c2cccs2)[nH]1. The van der Waals surface area contributed by atoms with E-state index in [-0.39, 0.29) is 11.9 Å². The van der Waals surface area contributed by atoms with Crippen molar-refractivity contribution in [2.45, 2.75) is 13.0 Å². The van der Waals surface area contributed by atoms with Crippen molar-refractivity contribution in [2.75, 3.05) is 19.8 Å². The number of amides is 1. The molecule has 1 saturated heterocycles. The average Bonchev–Trinajstić information content (AvgIpc) is 3.09. The van der Waals surface area contributed by atoms with Crippen molar-refractivity contribution in [3.63, 3.8) is 0 Å². The van der Waals surface area contributed by atoms with Crippen molar-refractivity contribution in [1.82, 2.24) is 14.9 Å². The minimum absolute atomic E-state index is 0.0531. The van der Waals surface area contributed by atoms with Gasteiger partial charge in [-0.15, -0.1) is 11.3 Å². The maximum absolute atomic E-state index is 12.5. The molecule has 0 spiro atoms. The van der Waals surface area contributed by atoms with Crippen molar-refractivity contribution in [1.29, 1.82) is 0 Å². The van der Waals surface area contributed by atoms with Gasteiger partial charge in [-0.25, -0.2) is 4.98 Å². The summed E-state index contributed by atoms with van der Waals surface area (Å²) in [5.74, 6) is 0.847. The number of aryl methyl sites for hydroxylation is 1. The van der Waals surface area contributed by atoms with Crippen molar-refractivity contribution < 1.29 is 9.53 Å². The van der Waals surface area contributed by atoms with Gasteiger partial charge in [0.2, 0.25) is 0 Å². The number of aromatic nitrogens is 2. The van der Waals surface area contributed by atoms with Crippen molar-refractivity contribution in [3.8, 4) is 0 Å². The van der Waals surface area contributed by atoms with Crippen molar-refractivity contribution in [2.24, 2.45) is 0 Å². The number of imidazole rings is 1. The van der Waals surface area contributed by atoms with Crippen LogP contribution in [0, 0.1) is 6.92 Å². The van der Waals surface area contributed by atoms with Gasteiger partial charge in [-0.2, -0.15) is 0 Å². The van der Waals surface area contributed by atoms with E-state index in [0.29, 0.717) is 19.8 Å². The molecule has 2 aromatic rings. The first-order chi connectivity index (χ1) is 9.25. The molecule has 0 aromatic carbocycles. The van der Waals surface area contributed by atoms with Gasteiger partial charge in [0.1, 0.15) is 11.9 Å². The minimum Gasteiger partial charge on any atom is -0.377 e. The second kappa shape index (κ2) is 5.14. The lowest BCUT2D eigenvalue weighted by Gasteiger charge is -2.34. The fraction of sp³-hybridized carbons (Fsp3) is 0.385. The molecule has 1 aliphatic rings. The van der Waals surface area contributed by atoms with Crippen LogP contribution in [0.1, 0.15) is 27.2 Å². The fourth-order valence-electron chi connectivity index (χ4n) is 2.22. The second-order valence-corrected chi connectivity index (χ2v) is 5.47. The number of carbonyl (C=O) groups excluding carboxylic acids is 1. The van der Waals surface area contributed by atoms with Gasteiger partial charge in [0, 0.05) is 18.4 Å². The highest BCUT2D eigenvalue weighted by Crippen LogP contribution is 2.25. The predicted molar refractivity (Wildman–Crippen MR) is 72.2 cm³/mol. The molecule has 3 heterocycles. The van der Waals surface area contributed by atoms with Gasteiger partial charge in [-0.05, 0) is 18.4 Å². The molecule has 6 heteroatoms. The summed E-state index contributed by atoms with van der Waals surface area (Å²) in [5.41, 5.74) is 0.990. The summed E-state index contributed by atoms with van der Waals surface area (Å²) in [5, 5.41) is 1.92. The molecular formula is C13H15N3O2S. The fourth-order valence-corrected chi connectivity index (χ4v) is 2.90. The van der Waals surface area contributed by atoms with Crippen LogP contribution < -0.4 is 0 Å². The van der Waals surface area contributed by atoms with E-state index in [2.05, 4.69) is 9.97 Å². The molecule has 19 heavy (non-hydrogen) atoms. The zero-order chi connectivity index (χ0) is 13.2. The largest absolute Gasteiger partial charge is 0.377 e. The minimum atomic E-state index is -0.128. The Morgan fingerprint density at radius 1 is 1.63 bits per heavy atom. The summed E-state index contributed by atoms with van der Waals surface area (Å²) in [7, 11) is 0. The topological polar surface area (TPSA) is 58.2 Å². The number of morpholine rings is 1. The van der Waals surface area contributed by atoms with Gasteiger partial charge in [0.05, 0.1) is 18.1 Å². The molecule has 1 aliphatic heterocycles. The number of ether oxygens (including phenoxy) is 1. The zero-order valence-corrected chi connectivity index (χ0v) is 11.4. The standard InChI is InChI=1S/C13H15N3O2S/c1-9-7-14-12(15-9)10-8-18-5-4-16(10)13(17)11-3-2-6-19-11/h2-3,6-7,10H,4-5,8H2,1H3,(H,14,15). The van der Waals surface area contributed by atoms with Gasteiger partial charge in [-0.3, -0.25) is 4.79 Å². The van der Waals surface area contributed by atoms with Gasteiger partial charge in [-0.1, -0.05) is 6.07 Å². The second-order valence-electron chi connectivity index (χ2n) is 4.52. The molecule has 3 rings (SSSR count). The summed E-state index contributed by atoms with van der Waals surface area (Å²) < 4.78 is 5.49. The summed E-state index contributed by atoms with van der Waals surface area (Å²) >= 11 is 1.46. The Bertz CT molecular complexity index is 564. The quantitative estimate of drug-likeness (QED) is 0.913. The monoisotopic (exact) mass is 277 g/mol. The molecular weight excluding hydrogens is 262 g/mol. The molecule has 1 fully saturated rings. The van der Waals surface area contributed by atoms with Crippen LogP contribution in [0.3, 0.4) is 0 Å². The zero-order valence-electron chi connectivity index (χ0n) is 10.6. The molecule has 0 bridgehead atoms. The summed E-state index contributed by atoms with van der Waals surface area (Å²) in [4.78, 5) is 22.6. The Hall–Kier alpha value is -1.66. The Kier molecular flexibility index (Phi) is 3.35. The van der Waals surface area contributed by atoms with Crippen LogP contribution in [0.15, 0.2) is 23.7 Å². The molecule has 0 radical (unpaired) electrons. The molecule has 0 aliphatic carbocycles. The van der Waals surface area contributed by atoms with Crippen LogP contribution in [0.2, 0.25) is 0 Å². The first-order valence-electron chi connectivity index (χ1n) is 6.19. The van der Waals surface area contributed by atoms with Gasteiger partial charge in [0.15, 0.2) is 0 Å². The lowest BCUT2D eigenvalue weighted by Crippen LogP contribution is -2.43. The van der Waals surface area contributed by atoms with Crippen molar-refractivity contribution in [3.05, 3.63) is 40.1 Å². The number of thiophene rings is 1. The molecule has 1 atom stereocenters. The lowest BCUT2D eigenvalue weighted by molar-refractivity contribution is -0.00474. The van der Waals surface area contributed by atoms with Gasteiger partial charge in [0.25, 0.3) is 5.91 Å². The van der Waals surface area contributed by atoms with Crippen LogP contribution in [0.25, 0.3) is 0 Å². The number of carbonyl (C=O) groups is 1. The molecule has 1 amide bonds. The van der Waals surface area contributed by atoms with Crippen LogP contribution in [-0.2, 0) is 4.74 Å². The van der Waals surface area contributed by atoms with E-state index < -0.39 is 0 Å². The summed E-state index contributed by atoms with van der Waals surface area (Å²) in [6, 6.07) is 3.62. The maximum atomic E-state index is 12.5. The third kappa shape index (κ3) is 2.41. The van der Waals surface area contributed by atoms with E-state index in [1.165, 1.54) is 11.3 Å². The van der Waals surface area contributed by atoms with E-state index >= 15 is 0 Å². The predicted octanol–water partition coefficient (Wildman–Crippen LogP) is 1.99. The summed E-state index contributed by atoms with van der Waals surface area (Å²) in [6.07, 6.45) is 1.78. The third-order valence-corrected chi connectivity index (χ3v) is 4.02.